The third-order valence-electron chi connectivity index (χ3n) is 3.04. The Kier molecular flexibility index (Phi) is 5.54. The molecule has 0 aliphatic heterocycles. The lowest BCUT2D eigenvalue weighted by molar-refractivity contribution is 0.131. The summed E-state index contributed by atoms with van der Waals surface area (Å²) < 4.78 is 4.81. The fourth-order valence-electron chi connectivity index (χ4n) is 2.14. The average Bonchev–Trinajstić information content (AvgIpc) is 2.91. The molecule has 1 aliphatic rings. The van der Waals surface area contributed by atoms with Gasteiger partial charge in [0.25, 0.3) is 0 Å². The number of thioether (sulfide) groups is 1. The zero-order valence-corrected chi connectivity index (χ0v) is 11.6. The van der Waals surface area contributed by atoms with Gasteiger partial charge in [0.15, 0.2) is 0 Å². The summed E-state index contributed by atoms with van der Waals surface area (Å²) in [6.45, 7) is -0.143. The molecular formula is C14H19NO3S. The van der Waals surface area contributed by atoms with Crippen LogP contribution < -0.4 is 5.32 Å². The number of carbonyl (C=O) groups is 1. The second-order valence-electron chi connectivity index (χ2n) is 4.51. The Morgan fingerprint density at radius 1 is 1.37 bits per heavy atom. The van der Waals surface area contributed by atoms with Crippen LogP contribution in [0.3, 0.4) is 0 Å². The van der Waals surface area contributed by atoms with Crippen LogP contribution in [0.1, 0.15) is 25.7 Å². The van der Waals surface area contributed by atoms with Gasteiger partial charge >= 0.3 is 6.09 Å². The van der Waals surface area contributed by atoms with Gasteiger partial charge in [-0.3, -0.25) is 5.32 Å². The van der Waals surface area contributed by atoms with Crippen molar-refractivity contribution in [3.8, 4) is 0 Å². The largest absolute Gasteiger partial charge is 0.447 e. The van der Waals surface area contributed by atoms with Crippen LogP contribution in [0.25, 0.3) is 0 Å². The van der Waals surface area contributed by atoms with Crippen LogP contribution in [0.5, 0.6) is 0 Å². The number of rotatable bonds is 5. The molecule has 2 N–H and O–H groups in total. The standard InChI is InChI=1S/C14H19NO3S/c16-9-10-18-14(17)15-12-7-3-4-8-13(12)19-11-5-1-2-6-11/h3-4,7-8,11,16H,1-2,5-6,9-10H2,(H,15,17). The predicted molar refractivity (Wildman–Crippen MR) is 76.6 cm³/mol. The summed E-state index contributed by atoms with van der Waals surface area (Å²) in [5.74, 6) is 0. The van der Waals surface area contributed by atoms with E-state index in [0.717, 1.165) is 10.6 Å². The number of hydrogen-bond acceptors (Lipinski definition) is 4. The molecule has 0 atom stereocenters. The van der Waals surface area contributed by atoms with Crippen molar-refractivity contribution in [2.75, 3.05) is 18.5 Å². The average molecular weight is 281 g/mol. The van der Waals surface area contributed by atoms with Gasteiger partial charge < -0.3 is 9.84 Å². The van der Waals surface area contributed by atoms with Crippen molar-refractivity contribution in [2.24, 2.45) is 0 Å². The molecule has 0 unspecified atom stereocenters. The topological polar surface area (TPSA) is 58.6 Å². The molecule has 5 heteroatoms. The highest BCUT2D eigenvalue weighted by Crippen LogP contribution is 2.37. The number of aliphatic hydroxyl groups is 1. The molecule has 1 fully saturated rings. The molecule has 1 amide bonds. The Balaban J connectivity index is 1.97. The minimum atomic E-state index is -0.520. The Morgan fingerprint density at radius 3 is 2.84 bits per heavy atom. The van der Waals surface area contributed by atoms with E-state index in [1.807, 2.05) is 36.0 Å². The minimum Gasteiger partial charge on any atom is -0.447 e. The maximum Gasteiger partial charge on any atom is 0.411 e. The van der Waals surface area contributed by atoms with Gasteiger partial charge in [-0.2, -0.15) is 0 Å². The summed E-state index contributed by atoms with van der Waals surface area (Å²) in [6, 6.07) is 7.75. The molecule has 19 heavy (non-hydrogen) atoms. The molecule has 1 saturated carbocycles. The molecule has 0 heterocycles. The van der Waals surface area contributed by atoms with E-state index in [-0.39, 0.29) is 13.2 Å². The number of hydrogen-bond donors (Lipinski definition) is 2. The molecule has 0 bridgehead atoms. The number of carbonyl (C=O) groups excluding carboxylic acids is 1. The zero-order chi connectivity index (χ0) is 13.5. The van der Waals surface area contributed by atoms with Crippen LogP contribution in [0.15, 0.2) is 29.2 Å². The van der Waals surface area contributed by atoms with Gasteiger partial charge in [0.05, 0.1) is 12.3 Å². The molecule has 1 aliphatic carbocycles. The van der Waals surface area contributed by atoms with E-state index in [1.165, 1.54) is 25.7 Å². The first-order valence-corrected chi connectivity index (χ1v) is 7.48. The monoisotopic (exact) mass is 281 g/mol. The molecule has 1 aromatic rings. The van der Waals surface area contributed by atoms with Crippen molar-refractivity contribution in [3.05, 3.63) is 24.3 Å². The number of amides is 1. The number of aliphatic hydroxyl groups excluding tert-OH is 1. The van der Waals surface area contributed by atoms with Crippen molar-refractivity contribution in [1.29, 1.82) is 0 Å². The van der Waals surface area contributed by atoms with Crippen molar-refractivity contribution in [1.82, 2.24) is 0 Å². The Morgan fingerprint density at radius 2 is 2.11 bits per heavy atom. The molecule has 104 valence electrons. The maximum atomic E-state index is 11.5. The second-order valence-corrected chi connectivity index (χ2v) is 5.85. The molecule has 0 spiro atoms. The minimum absolute atomic E-state index is 0.0176. The number of ether oxygens (including phenoxy) is 1. The summed E-state index contributed by atoms with van der Waals surface area (Å²) in [6.07, 6.45) is 4.56. The lowest BCUT2D eigenvalue weighted by atomic mass is 10.3. The van der Waals surface area contributed by atoms with Crippen LogP contribution in [0, 0.1) is 0 Å². The van der Waals surface area contributed by atoms with Gasteiger partial charge in [0.1, 0.15) is 6.61 Å². The highest BCUT2D eigenvalue weighted by atomic mass is 32.2. The third kappa shape index (κ3) is 4.44. The Labute approximate surface area is 117 Å². The number of para-hydroxylation sites is 1. The van der Waals surface area contributed by atoms with Crippen LogP contribution in [0.2, 0.25) is 0 Å². The first-order chi connectivity index (χ1) is 9.29. The molecular weight excluding hydrogens is 262 g/mol. The molecule has 1 aromatic carbocycles. The zero-order valence-electron chi connectivity index (χ0n) is 10.8. The molecule has 0 aromatic heterocycles. The first-order valence-electron chi connectivity index (χ1n) is 6.60. The van der Waals surface area contributed by atoms with Gasteiger partial charge in [-0.05, 0) is 25.0 Å². The van der Waals surface area contributed by atoms with Crippen LogP contribution in [-0.2, 0) is 4.74 Å². The van der Waals surface area contributed by atoms with Gasteiger partial charge in [0.2, 0.25) is 0 Å². The van der Waals surface area contributed by atoms with Crippen LogP contribution in [0.4, 0.5) is 10.5 Å². The third-order valence-corrected chi connectivity index (χ3v) is 4.46. The molecule has 0 saturated heterocycles. The summed E-state index contributed by atoms with van der Waals surface area (Å²) in [5, 5.41) is 12.0. The lowest BCUT2D eigenvalue weighted by Crippen LogP contribution is -2.16. The molecule has 0 radical (unpaired) electrons. The van der Waals surface area contributed by atoms with E-state index < -0.39 is 6.09 Å². The SMILES string of the molecule is O=C(Nc1ccccc1SC1CCCC1)OCCO. The number of anilines is 1. The first kappa shape index (κ1) is 14.2. The van der Waals surface area contributed by atoms with E-state index in [4.69, 9.17) is 9.84 Å². The lowest BCUT2D eigenvalue weighted by Gasteiger charge is -2.13. The van der Waals surface area contributed by atoms with Crippen molar-refractivity contribution in [3.63, 3.8) is 0 Å². The van der Waals surface area contributed by atoms with E-state index in [9.17, 15) is 4.79 Å². The van der Waals surface area contributed by atoms with E-state index in [2.05, 4.69) is 5.32 Å². The van der Waals surface area contributed by atoms with Crippen molar-refractivity contribution in [2.45, 2.75) is 35.8 Å². The smallest absolute Gasteiger partial charge is 0.411 e. The van der Waals surface area contributed by atoms with Gasteiger partial charge in [-0.1, -0.05) is 25.0 Å². The number of benzene rings is 1. The normalized spacial score (nSPS) is 15.4. The van der Waals surface area contributed by atoms with Gasteiger partial charge in [0, 0.05) is 10.1 Å². The Bertz CT molecular complexity index is 419. The van der Waals surface area contributed by atoms with Crippen LogP contribution >= 0.6 is 11.8 Å². The van der Waals surface area contributed by atoms with Gasteiger partial charge in [-0.25, -0.2) is 4.79 Å². The Hall–Kier alpha value is -1.20. The predicted octanol–water partition coefficient (Wildman–Crippen LogP) is 3.26. The quantitative estimate of drug-likeness (QED) is 0.869. The van der Waals surface area contributed by atoms with E-state index in [0.29, 0.717) is 5.25 Å². The number of nitrogens with one attached hydrogen (secondary N) is 1. The van der Waals surface area contributed by atoms with Gasteiger partial charge in [-0.15, -0.1) is 11.8 Å². The maximum absolute atomic E-state index is 11.5. The fourth-order valence-corrected chi connectivity index (χ4v) is 3.47. The summed E-state index contributed by atoms with van der Waals surface area (Å²) in [4.78, 5) is 12.6. The summed E-state index contributed by atoms with van der Waals surface area (Å²) >= 11 is 1.82. The fraction of sp³-hybridized carbons (Fsp3) is 0.500. The summed E-state index contributed by atoms with van der Waals surface area (Å²) in [7, 11) is 0. The van der Waals surface area contributed by atoms with E-state index in [1.54, 1.807) is 0 Å². The molecule has 2 rings (SSSR count). The molecule has 4 nitrogen and oxygen atoms in total. The highest BCUT2D eigenvalue weighted by Gasteiger charge is 2.18. The van der Waals surface area contributed by atoms with Crippen molar-refractivity contribution >= 4 is 23.5 Å². The second kappa shape index (κ2) is 7.40. The van der Waals surface area contributed by atoms with E-state index >= 15 is 0 Å². The van der Waals surface area contributed by atoms with Crippen LogP contribution in [-0.4, -0.2) is 29.7 Å². The summed E-state index contributed by atoms with van der Waals surface area (Å²) in [5.41, 5.74) is 0.780. The highest BCUT2D eigenvalue weighted by molar-refractivity contribution is 8.00. The van der Waals surface area contributed by atoms with Crippen molar-refractivity contribution < 1.29 is 14.6 Å².